The Morgan fingerprint density at radius 2 is 1.70 bits per heavy atom. The van der Waals surface area contributed by atoms with Gasteiger partial charge in [-0.05, 0) is 78.5 Å². The van der Waals surface area contributed by atoms with E-state index in [0.29, 0.717) is 18.0 Å². The van der Waals surface area contributed by atoms with E-state index in [1.807, 2.05) is 34.6 Å². The first-order valence-corrected chi connectivity index (χ1v) is 8.70. The number of rotatable bonds is 5. The van der Waals surface area contributed by atoms with Crippen molar-refractivity contribution in [1.82, 2.24) is 4.90 Å². The fourth-order valence-electron chi connectivity index (χ4n) is 3.17. The van der Waals surface area contributed by atoms with E-state index in [9.17, 15) is 4.39 Å². The Bertz CT molecular complexity index is 429. The summed E-state index contributed by atoms with van der Waals surface area (Å²) in [6.45, 7) is 12.3. The number of aliphatic hydroxyl groups is 1. The molecule has 2 aliphatic rings. The van der Waals surface area contributed by atoms with Gasteiger partial charge in [-0.15, -0.1) is 0 Å². The van der Waals surface area contributed by atoms with Gasteiger partial charge in [0.25, 0.3) is 0 Å². The molecule has 1 N–H and O–H groups in total. The molecule has 2 heterocycles. The normalized spacial score (nSPS) is 26.5. The molecule has 0 saturated carbocycles. The van der Waals surface area contributed by atoms with Crippen molar-refractivity contribution in [2.75, 3.05) is 26.2 Å². The molecular weight excluding hydrogens is 296 g/mol. The quantitative estimate of drug-likeness (QED) is 0.789. The maximum Gasteiger partial charge on any atom is 0.525 e. The summed E-state index contributed by atoms with van der Waals surface area (Å²) in [6, 6.07) is 0. The van der Waals surface area contributed by atoms with Crippen LogP contribution in [0.2, 0.25) is 0 Å². The number of piperidine rings is 1. The minimum absolute atomic E-state index is 0.264. The summed E-state index contributed by atoms with van der Waals surface area (Å²) in [5, 5.41) is 9.01. The fourth-order valence-corrected chi connectivity index (χ4v) is 3.17. The first kappa shape index (κ1) is 18.9. The molecule has 132 valence electrons. The van der Waals surface area contributed by atoms with Gasteiger partial charge in [0.05, 0.1) is 11.2 Å². The predicted octanol–water partition coefficient (Wildman–Crippen LogP) is 2.96. The van der Waals surface area contributed by atoms with Crippen molar-refractivity contribution in [3.63, 3.8) is 0 Å². The van der Waals surface area contributed by atoms with Gasteiger partial charge in [-0.25, -0.2) is 4.39 Å². The van der Waals surface area contributed by atoms with E-state index in [1.165, 1.54) is 0 Å². The lowest BCUT2D eigenvalue weighted by molar-refractivity contribution is 0.00578. The molecule has 0 aromatic rings. The van der Waals surface area contributed by atoms with Crippen LogP contribution in [0.4, 0.5) is 4.39 Å². The van der Waals surface area contributed by atoms with Gasteiger partial charge in [0.2, 0.25) is 0 Å². The summed E-state index contributed by atoms with van der Waals surface area (Å²) < 4.78 is 26.3. The third-order valence-electron chi connectivity index (χ3n) is 5.57. The summed E-state index contributed by atoms with van der Waals surface area (Å²) in [7, 11) is -0.896. The number of aliphatic hydroxyl groups excluding tert-OH is 1. The van der Waals surface area contributed by atoms with Gasteiger partial charge < -0.3 is 14.4 Å². The zero-order valence-corrected chi connectivity index (χ0v) is 15.2. The Hall–Kier alpha value is -0.425. The van der Waals surface area contributed by atoms with E-state index in [-0.39, 0.29) is 12.3 Å². The molecule has 2 fully saturated rings. The van der Waals surface area contributed by atoms with E-state index in [1.54, 1.807) is 0 Å². The monoisotopic (exact) mass is 327 g/mol. The molecule has 0 amide bonds. The Morgan fingerprint density at radius 1 is 1.17 bits per heavy atom. The SMILES string of the molecule is CC(CN1CCC(CCO)CC1)=C(F)B1OC(C)(C)C(C)(C)O1. The minimum Gasteiger partial charge on any atom is -0.398 e. The van der Waals surface area contributed by atoms with Crippen LogP contribution in [0.25, 0.3) is 0 Å². The lowest BCUT2D eigenvalue weighted by Crippen LogP contribution is -2.41. The standard InChI is InChI=1S/C17H31BFNO3/c1-13(12-20-9-6-14(7-10-20)8-11-21)15(19)18-22-16(2,3)17(4,5)23-18/h14,21H,6-12H2,1-5H3. The zero-order chi connectivity index (χ0) is 17.3. The Balaban J connectivity index is 1.92. The van der Waals surface area contributed by atoms with Gasteiger partial charge in [0.1, 0.15) is 5.73 Å². The van der Waals surface area contributed by atoms with Gasteiger partial charge in [0, 0.05) is 13.2 Å². The molecule has 0 bridgehead atoms. The van der Waals surface area contributed by atoms with E-state index < -0.39 is 18.3 Å². The number of hydrogen-bond acceptors (Lipinski definition) is 4. The van der Waals surface area contributed by atoms with E-state index in [2.05, 4.69) is 4.90 Å². The van der Waals surface area contributed by atoms with Gasteiger partial charge in [-0.2, -0.15) is 0 Å². The molecule has 2 aliphatic heterocycles. The van der Waals surface area contributed by atoms with Crippen LogP contribution in [0.15, 0.2) is 11.3 Å². The Labute approximate surface area is 140 Å². The molecule has 0 aliphatic carbocycles. The second-order valence-corrected chi connectivity index (χ2v) is 7.95. The highest BCUT2D eigenvalue weighted by molar-refractivity contribution is 6.53. The van der Waals surface area contributed by atoms with Crippen LogP contribution in [0.3, 0.4) is 0 Å². The summed E-state index contributed by atoms with van der Waals surface area (Å²) in [4.78, 5) is 2.27. The molecule has 2 rings (SSSR count). The van der Waals surface area contributed by atoms with Crippen LogP contribution in [0.1, 0.15) is 53.9 Å². The third-order valence-corrected chi connectivity index (χ3v) is 5.57. The molecule has 0 spiro atoms. The topological polar surface area (TPSA) is 41.9 Å². The maximum atomic E-state index is 14.7. The number of nitrogens with zero attached hydrogens (tertiary/aromatic N) is 1. The fraction of sp³-hybridized carbons (Fsp3) is 0.882. The Morgan fingerprint density at radius 3 is 2.17 bits per heavy atom. The minimum atomic E-state index is -0.896. The molecule has 23 heavy (non-hydrogen) atoms. The Kier molecular flexibility index (Phi) is 5.93. The van der Waals surface area contributed by atoms with Crippen LogP contribution in [0, 0.1) is 5.92 Å². The third kappa shape index (κ3) is 4.35. The number of hydrogen-bond donors (Lipinski definition) is 1. The van der Waals surface area contributed by atoms with Crippen LogP contribution in [0.5, 0.6) is 0 Å². The van der Waals surface area contributed by atoms with Crippen LogP contribution in [-0.4, -0.2) is 54.6 Å². The molecule has 4 nitrogen and oxygen atoms in total. The molecule has 6 heteroatoms. The highest BCUT2D eigenvalue weighted by Gasteiger charge is 2.53. The zero-order valence-electron chi connectivity index (χ0n) is 15.2. The smallest absolute Gasteiger partial charge is 0.398 e. The first-order chi connectivity index (χ1) is 10.7. The van der Waals surface area contributed by atoms with Gasteiger partial charge in [-0.3, -0.25) is 4.90 Å². The second kappa shape index (κ2) is 7.22. The summed E-state index contributed by atoms with van der Waals surface area (Å²) in [5.74, 6) is 0.605. The van der Waals surface area contributed by atoms with Crippen LogP contribution in [-0.2, 0) is 9.31 Å². The molecule has 0 aromatic heterocycles. The largest absolute Gasteiger partial charge is 0.525 e. The van der Waals surface area contributed by atoms with Crippen molar-refractivity contribution in [1.29, 1.82) is 0 Å². The van der Waals surface area contributed by atoms with Crippen molar-refractivity contribution in [2.45, 2.75) is 65.1 Å². The number of halogens is 1. The lowest BCUT2D eigenvalue weighted by atomic mass is 9.84. The van der Waals surface area contributed by atoms with Crippen molar-refractivity contribution in [3.8, 4) is 0 Å². The molecule has 0 atom stereocenters. The van der Waals surface area contributed by atoms with Crippen molar-refractivity contribution in [2.24, 2.45) is 5.92 Å². The molecule has 0 unspecified atom stereocenters. The van der Waals surface area contributed by atoms with Crippen molar-refractivity contribution < 1.29 is 18.8 Å². The highest BCUT2D eigenvalue weighted by atomic mass is 19.1. The van der Waals surface area contributed by atoms with Gasteiger partial charge in [0.15, 0.2) is 0 Å². The highest BCUT2D eigenvalue weighted by Crippen LogP contribution is 2.39. The first-order valence-electron chi connectivity index (χ1n) is 8.70. The lowest BCUT2D eigenvalue weighted by Gasteiger charge is -2.32. The predicted molar refractivity (Wildman–Crippen MR) is 90.8 cm³/mol. The van der Waals surface area contributed by atoms with Gasteiger partial charge >= 0.3 is 7.12 Å². The van der Waals surface area contributed by atoms with Crippen LogP contribution >= 0.6 is 0 Å². The van der Waals surface area contributed by atoms with Crippen molar-refractivity contribution in [3.05, 3.63) is 11.3 Å². The summed E-state index contributed by atoms with van der Waals surface area (Å²) in [5.41, 5.74) is -0.638. The molecule has 2 saturated heterocycles. The summed E-state index contributed by atoms with van der Waals surface area (Å²) >= 11 is 0. The second-order valence-electron chi connectivity index (χ2n) is 7.95. The van der Waals surface area contributed by atoms with E-state index in [0.717, 1.165) is 32.4 Å². The average molecular weight is 327 g/mol. The van der Waals surface area contributed by atoms with E-state index in [4.69, 9.17) is 14.4 Å². The maximum absolute atomic E-state index is 14.7. The van der Waals surface area contributed by atoms with Crippen LogP contribution < -0.4 is 0 Å². The van der Waals surface area contributed by atoms with E-state index >= 15 is 0 Å². The molecule has 0 aromatic carbocycles. The van der Waals surface area contributed by atoms with Crippen molar-refractivity contribution >= 4 is 7.12 Å². The number of likely N-dealkylation sites (tertiary alicyclic amines) is 1. The average Bonchev–Trinajstić information content (AvgIpc) is 2.69. The summed E-state index contributed by atoms with van der Waals surface area (Å²) in [6.07, 6.45) is 3.03. The molecular formula is C17H31BFNO3. The molecule has 0 radical (unpaired) electrons. The van der Waals surface area contributed by atoms with Gasteiger partial charge in [-0.1, -0.05) is 0 Å².